The Morgan fingerprint density at radius 3 is 2.76 bits per heavy atom. The van der Waals surface area contributed by atoms with Gasteiger partial charge in [0.05, 0.1) is 7.11 Å². The smallest absolute Gasteiger partial charge is 0.136 e. The molecule has 1 fully saturated rings. The van der Waals surface area contributed by atoms with Gasteiger partial charge in [0.2, 0.25) is 0 Å². The van der Waals surface area contributed by atoms with Gasteiger partial charge in [-0.05, 0) is 73.7 Å². The maximum Gasteiger partial charge on any atom is 0.136 e. The molecule has 1 aliphatic carbocycles. The van der Waals surface area contributed by atoms with Gasteiger partial charge in [0.1, 0.15) is 22.8 Å². The molecule has 2 aromatic rings. The normalized spacial score (nSPS) is 18.6. The van der Waals surface area contributed by atoms with Crippen molar-refractivity contribution in [1.29, 1.82) is 0 Å². The molecule has 2 heterocycles. The third-order valence-corrected chi connectivity index (χ3v) is 5.08. The van der Waals surface area contributed by atoms with Gasteiger partial charge in [0.25, 0.3) is 0 Å². The number of aromatic nitrogens is 1. The van der Waals surface area contributed by atoms with Crippen molar-refractivity contribution >= 4 is 22.9 Å². The summed E-state index contributed by atoms with van der Waals surface area (Å²) < 4.78 is 11.7. The van der Waals surface area contributed by atoms with Crippen LogP contribution in [0.3, 0.4) is 0 Å². The highest BCUT2D eigenvalue weighted by Crippen LogP contribution is 2.41. The Bertz CT molecular complexity index is 879. The fraction of sp³-hybridized carbons (Fsp3) is 0.286. The molecule has 1 aromatic carbocycles. The van der Waals surface area contributed by atoms with Crippen LogP contribution in [0.25, 0.3) is 11.3 Å². The minimum atomic E-state index is -0.0171. The third kappa shape index (κ3) is 2.93. The fourth-order valence-electron chi connectivity index (χ4n) is 3.41. The van der Waals surface area contributed by atoms with Crippen LogP contribution in [0.2, 0.25) is 5.15 Å². The Kier molecular flexibility index (Phi) is 4.26. The number of hydrogen-bond donors (Lipinski definition) is 0. The van der Waals surface area contributed by atoms with Crippen LogP contribution in [0.1, 0.15) is 42.9 Å². The highest BCUT2D eigenvalue weighted by Gasteiger charge is 2.23. The molecule has 1 aromatic heterocycles. The Labute approximate surface area is 152 Å². The van der Waals surface area contributed by atoms with Crippen molar-refractivity contribution in [2.24, 2.45) is 0 Å². The van der Waals surface area contributed by atoms with Gasteiger partial charge in [-0.1, -0.05) is 11.6 Å². The van der Waals surface area contributed by atoms with Crippen LogP contribution in [-0.2, 0) is 4.74 Å². The molecule has 1 saturated carbocycles. The van der Waals surface area contributed by atoms with E-state index in [4.69, 9.17) is 21.1 Å². The lowest BCUT2D eigenvalue weighted by atomic mass is 9.87. The first-order chi connectivity index (χ1) is 12.2. The van der Waals surface area contributed by atoms with Crippen LogP contribution in [0.5, 0.6) is 5.75 Å². The number of nitrogens with zero attached hydrogens (tertiary/aromatic N) is 1. The molecule has 0 amide bonds. The van der Waals surface area contributed by atoms with Gasteiger partial charge in [-0.25, -0.2) is 4.98 Å². The van der Waals surface area contributed by atoms with Crippen LogP contribution < -0.4 is 4.74 Å². The quantitative estimate of drug-likeness (QED) is 0.540. The minimum absolute atomic E-state index is 0.0171. The number of allylic oxidation sites excluding steroid dienone is 1. The van der Waals surface area contributed by atoms with E-state index >= 15 is 0 Å². The molecule has 0 spiro atoms. The molecule has 0 saturated heterocycles. The van der Waals surface area contributed by atoms with E-state index in [2.05, 4.69) is 23.2 Å². The van der Waals surface area contributed by atoms with Crippen LogP contribution >= 0.6 is 11.6 Å². The first kappa shape index (κ1) is 16.2. The van der Waals surface area contributed by atoms with E-state index in [-0.39, 0.29) is 6.10 Å². The van der Waals surface area contributed by atoms with Gasteiger partial charge < -0.3 is 9.47 Å². The Morgan fingerprint density at radius 2 is 2.08 bits per heavy atom. The summed E-state index contributed by atoms with van der Waals surface area (Å²) in [4.78, 5) is 4.23. The van der Waals surface area contributed by atoms with Crippen LogP contribution in [-0.4, -0.2) is 18.2 Å². The van der Waals surface area contributed by atoms with Crippen LogP contribution in [0.15, 0.2) is 48.2 Å². The number of pyridine rings is 1. The summed E-state index contributed by atoms with van der Waals surface area (Å²) in [5.74, 6) is 1.85. The van der Waals surface area contributed by atoms with Crippen molar-refractivity contribution < 1.29 is 9.47 Å². The summed E-state index contributed by atoms with van der Waals surface area (Å²) in [6.45, 7) is 2.03. The van der Waals surface area contributed by atoms with Gasteiger partial charge in [-0.3, -0.25) is 0 Å². The van der Waals surface area contributed by atoms with E-state index in [1.807, 2.05) is 25.1 Å². The highest BCUT2D eigenvalue weighted by atomic mass is 35.5. The third-order valence-electron chi connectivity index (χ3n) is 4.78. The molecule has 25 heavy (non-hydrogen) atoms. The highest BCUT2D eigenvalue weighted by molar-refractivity contribution is 6.31. The molecular formula is C21H20ClNO2. The maximum absolute atomic E-state index is 6.36. The second-order valence-corrected chi connectivity index (χ2v) is 6.80. The number of halogens is 1. The van der Waals surface area contributed by atoms with Crippen molar-refractivity contribution in [3.8, 4) is 5.75 Å². The van der Waals surface area contributed by atoms with Crippen molar-refractivity contribution in [2.45, 2.75) is 32.3 Å². The molecule has 4 heteroatoms. The minimum Gasteiger partial charge on any atom is -0.496 e. The largest absolute Gasteiger partial charge is 0.496 e. The predicted octanol–water partition coefficient (Wildman–Crippen LogP) is 5.49. The monoisotopic (exact) mass is 353 g/mol. The zero-order valence-corrected chi connectivity index (χ0v) is 15.1. The van der Waals surface area contributed by atoms with Crippen LogP contribution in [0, 0.1) is 0 Å². The first-order valence-corrected chi connectivity index (χ1v) is 8.95. The molecule has 0 bridgehead atoms. The van der Waals surface area contributed by atoms with E-state index in [1.165, 1.54) is 12.0 Å². The standard InChI is InChI=1S/C21H20ClNO2/c1-13-11-17(16-7-4-10-23-21(16)22)18-12-15(8-9-19(18)25-13)20(24-2)14-5-3-6-14/h4,7-13H,3,5-6H2,1-2H3. The summed E-state index contributed by atoms with van der Waals surface area (Å²) in [5.41, 5.74) is 5.48. The first-order valence-electron chi connectivity index (χ1n) is 8.57. The van der Waals surface area contributed by atoms with Crippen molar-refractivity contribution in [1.82, 2.24) is 4.98 Å². The van der Waals surface area contributed by atoms with Gasteiger partial charge >= 0.3 is 0 Å². The maximum atomic E-state index is 6.36. The number of hydrogen-bond acceptors (Lipinski definition) is 3. The van der Waals surface area contributed by atoms with E-state index < -0.39 is 0 Å². The summed E-state index contributed by atoms with van der Waals surface area (Å²) in [5, 5.41) is 0.503. The van der Waals surface area contributed by atoms with Crippen LogP contribution in [0.4, 0.5) is 0 Å². The molecule has 3 nitrogen and oxygen atoms in total. The fourth-order valence-corrected chi connectivity index (χ4v) is 3.63. The second-order valence-electron chi connectivity index (χ2n) is 6.45. The number of benzene rings is 1. The molecule has 1 unspecified atom stereocenters. The van der Waals surface area contributed by atoms with E-state index in [9.17, 15) is 0 Å². The summed E-state index contributed by atoms with van der Waals surface area (Å²) in [7, 11) is 1.74. The Morgan fingerprint density at radius 1 is 1.24 bits per heavy atom. The average Bonchev–Trinajstić information content (AvgIpc) is 2.57. The van der Waals surface area contributed by atoms with E-state index in [0.29, 0.717) is 5.15 Å². The SMILES string of the molecule is COC(=C1CCC1)c1ccc2c(c1)C(c1cccnc1Cl)=CC(C)O2. The summed E-state index contributed by atoms with van der Waals surface area (Å²) in [6, 6.07) is 10.1. The zero-order chi connectivity index (χ0) is 17.4. The van der Waals surface area contributed by atoms with Crippen molar-refractivity contribution in [2.75, 3.05) is 7.11 Å². The van der Waals surface area contributed by atoms with Gasteiger partial charge in [-0.2, -0.15) is 0 Å². The predicted molar refractivity (Wildman–Crippen MR) is 101 cm³/mol. The number of ether oxygens (including phenoxy) is 2. The van der Waals surface area contributed by atoms with E-state index in [1.54, 1.807) is 13.3 Å². The molecule has 0 N–H and O–H groups in total. The lowest BCUT2D eigenvalue weighted by Gasteiger charge is -2.26. The molecule has 4 rings (SSSR count). The van der Waals surface area contributed by atoms with E-state index in [0.717, 1.165) is 46.6 Å². The zero-order valence-electron chi connectivity index (χ0n) is 14.4. The molecule has 1 atom stereocenters. The molecule has 128 valence electrons. The van der Waals surface area contributed by atoms with Gasteiger partial charge in [0.15, 0.2) is 0 Å². The summed E-state index contributed by atoms with van der Waals surface area (Å²) in [6.07, 6.45) is 7.26. The number of methoxy groups -OCH3 is 1. The lowest BCUT2D eigenvalue weighted by molar-refractivity contribution is 0.265. The van der Waals surface area contributed by atoms with Crippen molar-refractivity contribution in [3.63, 3.8) is 0 Å². The molecular weight excluding hydrogens is 334 g/mol. The topological polar surface area (TPSA) is 31.4 Å². The van der Waals surface area contributed by atoms with Crippen molar-refractivity contribution in [3.05, 3.63) is 70.0 Å². The molecule has 1 aliphatic heterocycles. The molecule has 2 aliphatic rings. The summed E-state index contributed by atoms with van der Waals surface area (Å²) >= 11 is 6.36. The second kappa shape index (κ2) is 6.57. The molecule has 0 radical (unpaired) electrons. The Balaban J connectivity index is 1.85. The Hall–Kier alpha value is -2.26. The van der Waals surface area contributed by atoms with Gasteiger partial charge in [0, 0.05) is 22.9 Å². The van der Waals surface area contributed by atoms with Gasteiger partial charge in [-0.15, -0.1) is 0 Å². The lowest BCUT2D eigenvalue weighted by Crippen LogP contribution is -2.16. The number of rotatable bonds is 3. The average molecular weight is 354 g/mol. The number of fused-ring (bicyclic) bond motifs is 1.